The molecule has 6 aromatic carbocycles. The minimum Gasteiger partial charge on any atom is -0.494 e. The van der Waals surface area contributed by atoms with E-state index in [4.69, 9.17) is 33.2 Å². The molecule has 0 aliphatic rings. The van der Waals surface area contributed by atoms with Gasteiger partial charge in [-0.1, -0.05) is 151 Å². The van der Waals surface area contributed by atoms with Crippen LogP contribution in [-0.4, -0.2) is 49.6 Å². The highest BCUT2D eigenvalue weighted by atomic mass is 16.5. The Balaban J connectivity index is 1.11. The second-order valence-electron chi connectivity index (χ2n) is 22.2. The third-order valence-corrected chi connectivity index (χ3v) is 14.3. The van der Waals surface area contributed by atoms with Crippen LogP contribution in [0.4, 0.5) is 0 Å². The van der Waals surface area contributed by atoms with Gasteiger partial charge in [0.25, 0.3) is 0 Å². The van der Waals surface area contributed by atoms with Gasteiger partial charge in [0.2, 0.25) is 0 Å². The van der Waals surface area contributed by atoms with E-state index in [1.54, 1.807) is 24.3 Å². The first-order valence-electron chi connectivity index (χ1n) is 29.4. The molecule has 0 saturated heterocycles. The van der Waals surface area contributed by atoms with Gasteiger partial charge in [-0.05, 0) is 174 Å². The standard InChI is InChI=1S/C70H90O9/c1-11-13-15-17-19-21-47-73-63-39-31-57(32-40-63)55-23-27-59(28-24-55)67(71)77-65-43-35-61(36-44-65)69(9,49-53(7)75-51(3)4)79-70(10,50-54(8)76-52(5)6)62-37-45-66(46-38-62)78-68(72)60-29-25-56(26-30-60)58-33-41-64(42-34-58)74-48-22-20-18-16-14-12-2/h23-46,51-54H,11-22,47-50H2,1-10H3. The van der Waals surface area contributed by atoms with Crippen LogP contribution in [0.1, 0.15) is 191 Å². The summed E-state index contributed by atoms with van der Waals surface area (Å²) >= 11 is 0. The van der Waals surface area contributed by atoms with Crippen molar-refractivity contribution in [3.05, 3.63) is 168 Å². The summed E-state index contributed by atoms with van der Waals surface area (Å²) in [4.78, 5) is 27.0. The SMILES string of the molecule is CCCCCCCCOc1ccc(-c2ccc(C(=O)Oc3ccc(C(C)(CC(C)OC(C)C)OC(C)(CC(C)OC(C)C)c4ccc(OC(=O)c5ccc(-c6ccc(OCCCCCCCC)cc6)cc5)cc4)cc3)cc2)cc1. The first-order chi connectivity index (χ1) is 38.1. The minimum atomic E-state index is -0.891. The monoisotopic (exact) mass is 1070 g/mol. The van der Waals surface area contributed by atoms with Crippen LogP contribution in [-0.2, 0) is 25.4 Å². The number of hydrogen-bond donors (Lipinski definition) is 0. The summed E-state index contributed by atoms with van der Waals surface area (Å²) in [7, 11) is 0. The number of benzene rings is 6. The summed E-state index contributed by atoms with van der Waals surface area (Å²) < 4.78 is 44.0. The van der Waals surface area contributed by atoms with Gasteiger partial charge < -0.3 is 33.2 Å². The largest absolute Gasteiger partial charge is 0.494 e. The van der Waals surface area contributed by atoms with Gasteiger partial charge >= 0.3 is 11.9 Å². The average molecular weight is 1080 g/mol. The highest BCUT2D eigenvalue weighted by Crippen LogP contribution is 2.44. The molecule has 424 valence electrons. The lowest BCUT2D eigenvalue weighted by Crippen LogP contribution is -2.42. The molecule has 4 atom stereocenters. The van der Waals surface area contributed by atoms with E-state index in [1.807, 2.05) is 149 Å². The highest BCUT2D eigenvalue weighted by Gasteiger charge is 2.41. The highest BCUT2D eigenvalue weighted by molar-refractivity contribution is 5.92. The molecule has 79 heavy (non-hydrogen) atoms. The van der Waals surface area contributed by atoms with Crippen LogP contribution in [0.5, 0.6) is 23.0 Å². The molecule has 6 aromatic rings. The van der Waals surface area contributed by atoms with Crippen molar-refractivity contribution >= 4 is 11.9 Å². The number of carbonyl (C=O) groups excluding carboxylic acids is 2. The van der Waals surface area contributed by atoms with E-state index in [0.717, 1.165) is 70.9 Å². The zero-order valence-electron chi connectivity index (χ0n) is 49.2. The topological polar surface area (TPSA) is 98.8 Å². The van der Waals surface area contributed by atoms with Crippen molar-refractivity contribution in [2.24, 2.45) is 0 Å². The quantitative estimate of drug-likeness (QED) is 0.0222. The minimum absolute atomic E-state index is 0.00553. The Hall–Kier alpha value is -6.26. The predicted octanol–water partition coefficient (Wildman–Crippen LogP) is 18.5. The number of esters is 2. The molecule has 0 amide bonds. The summed E-state index contributed by atoms with van der Waals surface area (Å²) in [5.41, 5.74) is 4.96. The Labute approximate surface area is 473 Å². The Bertz CT molecular complexity index is 2510. The summed E-state index contributed by atoms with van der Waals surface area (Å²) in [6.07, 6.45) is 15.5. The van der Waals surface area contributed by atoms with Gasteiger partial charge in [0, 0.05) is 12.8 Å². The molecule has 0 aromatic heterocycles. The molecule has 0 bridgehead atoms. The molecular weight excluding hydrogens is 985 g/mol. The lowest BCUT2D eigenvalue weighted by Gasteiger charge is -2.43. The smallest absolute Gasteiger partial charge is 0.343 e. The van der Waals surface area contributed by atoms with Crippen molar-refractivity contribution in [2.45, 2.75) is 195 Å². The molecular formula is C70H90O9. The van der Waals surface area contributed by atoms with Gasteiger partial charge in [-0.3, -0.25) is 0 Å². The number of rotatable bonds is 34. The zero-order valence-corrected chi connectivity index (χ0v) is 49.2. The van der Waals surface area contributed by atoms with Crippen molar-refractivity contribution in [1.82, 2.24) is 0 Å². The molecule has 0 saturated carbocycles. The van der Waals surface area contributed by atoms with E-state index in [0.29, 0.717) is 35.5 Å². The van der Waals surface area contributed by atoms with Gasteiger partial charge in [0.15, 0.2) is 0 Å². The molecule has 0 aliphatic heterocycles. The van der Waals surface area contributed by atoms with E-state index < -0.39 is 23.1 Å². The third-order valence-electron chi connectivity index (χ3n) is 14.3. The lowest BCUT2D eigenvalue weighted by molar-refractivity contribution is -0.186. The first-order valence-corrected chi connectivity index (χ1v) is 29.4. The van der Waals surface area contributed by atoms with E-state index in [9.17, 15) is 9.59 Å². The fourth-order valence-electron chi connectivity index (χ4n) is 10.4. The van der Waals surface area contributed by atoms with Crippen LogP contribution in [0.25, 0.3) is 22.3 Å². The molecule has 9 heteroatoms. The maximum absolute atomic E-state index is 13.5. The van der Waals surface area contributed by atoms with Gasteiger partial charge in [0.05, 0.1) is 60.0 Å². The average Bonchev–Trinajstić information content (AvgIpc) is 3.49. The number of ether oxygens (including phenoxy) is 7. The second kappa shape index (κ2) is 31.5. The van der Waals surface area contributed by atoms with Crippen LogP contribution in [0.2, 0.25) is 0 Å². The van der Waals surface area contributed by atoms with Crippen LogP contribution in [0.15, 0.2) is 146 Å². The van der Waals surface area contributed by atoms with Crippen molar-refractivity contribution in [1.29, 1.82) is 0 Å². The number of unbranched alkanes of at least 4 members (excludes halogenated alkanes) is 10. The van der Waals surface area contributed by atoms with Gasteiger partial charge in [-0.2, -0.15) is 0 Å². The Morgan fingerprint density at radius 3 is 0.987 bits per heavy atom. The van der Waals surface area contributed by atoms with Gasteiger partial charge in [0.1, 0.15) is 23.0 Å². The number of carbonyl (C=O) groups is 2. The predicted molar refractivity (Wildman–Crippen MR) is 321 cm³/mol. The van der Waals surface area contributed by atoms with E-state index >= 15 is 0 Å². The van der Waals surface area contributed by atoms with Crippen LogP contribution >= 0.6 is 0 Å². The summed E-state index contributed by atoms with van der Waals surface area (Å²) in [5, 5.41) is 0. The van der Waals surface area contributed by atoms with Crippen molar-refractivity contribution in [3.63, 3.8) is 0 Å². The fourth-order valence-corrected chi connectivity index (χ4v) is 10.4. The fraction of sp³-hybridized carbons (Fsp3) is 0.457. The summed E-state index contributed by atoms with van der Waals surface area (Å²) in [6, 6.07) is 46.2. The Kier molecular flexibility index (Phi) is 24.7. The van der Waals surface area contributed by atoms with E-state index in [-0.39, 0.29) is 24.4 Å². The molecule has 0 spiro atoms. The maximum Gasteiger partial charge on any atom is 0.343 e. The number of hydrogen-bond acceptors (Lipinski definition) is 9. The normalized spacial score (nSPS) is 13.8. The third kappa shape index (κ3) is 20.1. The Morgan fingerprint density at radius 1 is 0.380 bits per heavy atom. The summed E-state index contributed by atoms with van der Waals surface area (Å²) in [6.45, 7) is 22.3. The van der Waals surface area contributed by atoms with Crippen molar-refractivity contribution < 1.29 is 42.7 Å². The molecule has 0 heterocycles. The molecule has 0 radical (unpaired) electrons. The molecule has 0 N–H and O–H groups in total. The molecule has 6 rings (SSSR count). The first kappa shape index (κ1) is 61.9. The lowest BCUT2D eigenvalue weighted by atomic mass is 9.85. The van der Waals surface area contributed by atoms with Crippen molar-refractivity contribution in [3.8, 4) is 45.3 Å². The second-order valence-corrected chi connectivity index (χ2v) is 22.2. The van der Waals surface area contributed by atoms with Crippen LogP contribution in [0.3, 0.4) is 0 Å². The molecule has 0 fully saturated rings. The van der Waals surface area contributed by atoms with Gasteiger partial charge in [-0.15, -0.1) is 0 Å². The van der Waals surface area contributed by atoms with E-state index in [1.165, 1.54) is 64.2 Å². The van der Waals surface area contributed by atoms with Crippen molar-refractivity contribution in [2.75, 3.05) is 13.2 Å². The van der Waals surface area contributed by atoms with Crippen LogP contribution < -0.4 is 18.9 Å². The van der Waals surface area contributed by atoms with Gasteiger partial charge in [-0.25, -0.2) is 9.59 Å². The summed E-state index contributed by atoms with van der Waals surface area (Å²) in [5.74, 6) is 1.66. The molecule has 4 unspecified atom stereocenters. The zero-order chi connectivity index (χ0) is 56.6. The Morgan fingerprint density at radius 2 is 0.671 bits per heavy atom. The maximum atomic E-state index is 13.5. The van der Waals surface area contributed by atoms with Crippen LogP contribution in [0, 0.1) is 0 Å². The molecule has 0 aliphatic carbocycles. The van der Waals surface area contributed by atoms with E-state index in [2.05, 4.69) is 41.5 Å². The molecule has 9 nitrogen and oxygen atoms in total.